The molecule has 0 fully saturated rings. The molecule has 0 aromatic carbocycles. The van der Waals surface area contributed by atoms with Crippen molar-refractivity contribution in [2.24, 2.45) is 0 Å². The lowest BCUT2D eigenvalue weighted by Crippen LogP contribution is -2.17. The van der Waals surface area contributed by atoms with Crippen molar-refractivity contribution in [1.82, 2.24) is 14.5 Å². The van der Waals surface area contributed by atoms with Crippen molar-refractivity contribution in [2.45, 2.75) is 24.8 Å². The zero-order valence-corrected chi connectivity index (χ0v) is 8.67. The highest BCUT2D eigenvalue weighted by atomic mass is 32.2. The van der Waals surface area contributed by atoms with E-state index in [9.17, 15) is 8.42 Å². The summed E-state index contributed by atoms with van der Waals surface area (Å²) in [5.41, 5.74) is 0. The maximum atomic E-state index is 11.3. The molecule has 0 spiro atoms. The third kappa shape index (κ3) is 2.07. The van der Waals surface area contributed by atoms with Crippen molar-refractivity contribution in [3.63, 3.8) is 0 Å². The fourth-order valence-electron chi connectivity index (χ4n) is 0.860. The summed E-state index contributed by atoms with van der Waals surface area (Å²) in [4.78, 5) is 0.198. The van der Waals surface area contributed by atoms with Gasteiger partial charge in [-0.2, -0.15) is 5.10 Å². The van der Waals surface area contributed by atoms with Crippen LogP contribution in [0.15, 0.2) is 17.3 Å². The second-order valence-electron chi connectivity index (χ2n) is 2.96. The predicted octanol–water partition coefficient (Wildman–Crippen LogP) is 0.372. The number of hydrogen-bond donors (Lipinski definition) is 1. The standard InChI is InChI=1S/C7H13N3O2S/c1-6(2)10-5-7(4-9-10)13(11,12)8-3/h4-6,8H,1-3H3. The molecule has 0 atom stereocenters. The second kappa shape index (κ2) is 3.47. The van der Waals surface area contributed by atoms with Crippen LogP contribution < -0.4 is 4.72 Å². The predicted molar refractivity (Wildman–Crippen MR) is 48.9 cm³/mol. The quantitative estimate of drug-likeness (QED) is 0.772. The van der Waals surface area contributed by atoms with Crippen LogP contribution in [-0.4, -0.2) is 25.2 Å². The van der Waals surface area contributed by atoms with Gasteiger partial charge in [0, 0.05) is 12.2 Å². The van der Waals surface area contributed by atoms with Crippen molar-refractivity contribution < 1.29 is 8.42 Å². The molecule has 6 heteroatoms. The molecule has 1 rings (SSSR count). The molecule has 5 nitrogen and oxygen atoms in total. The molecule has 1 N–H and O–H groups in total. The Labute approximate surface area is 77.8 Å². The van der Waals surface area contributed by atoms with Crippen molar-refractivity contribution in [3.05, 3.63) is 12.4 Å². The van der Waals surface area contributed by atoms with Crippen LogP contribution in [0.5, 0.6) is 0 Å². The third-order valence-electron chi connectivity index (χ3n) is 1.69. The number of sulfonamides is 1. The Kier molecular flexibility index (Phi) is 2.72. The molecule has 1 aromatic rings. The molecule has 0 bridgehead atoms. The van der Waals surface area contributed by atoms with Crippen molar-refractivity contribution in [3.8, 4) is 0 Å². The Bertz CT molecular complexity index is 380. The van der Waals surface area contributed by atoms with Gasteiger partial charge < -0.3 is 0 Å². The second-order valence-corrected chi connectivity index (χ2v) is 4.84. The summed E-state index contributed by atoms with van der Waals surface area (Å²) in [5, 5.41) is 3.93. The van der Waals surface area contributed by atoms with Gasteiger partial charge in [-0.05, 0) is 20.9 Å². The zero-order chi connectivity index (χ0) is 10.1. The first-order valence-electron chi connectivity index (χ1n) is 3.95. The fourth-order valence-corrected chi connectivity index (χ4v) is 1.53. The summed E-state index contributed by atoms with van der Waals surface area (Å²) in [6.45, 7) is 3.87. The third-order valence-corrected chi connectivity index (χ3v) is 3.05. The maximum Gasteiger partial charge on any atom is 0.243 e. The molecule has 13 heavy (non-hydrogen) atoms. The van der Waals surface area contributed by atoms with Crippen LogP contribution in [0.1, 0.15) is 19.9 Å². The van der Waals surface area contributed by atoms with Gasteiger partial charge in [0.1, 0.15) is 4.90 Å². The number of nitrogens with zero attached hydrogens (tertiary/aromatic N) is 2. The fraction of sp³-hybridized carbons (Fsp3) is 0.571. The monoisotopic (exact) mass is 203 g/mol. The number of aromatic nitrogens is 2. The Hall–Kier alpha value is -0.880. The lowest BCUT2D eigenvalue weighted by atomic mass is 10.4. The first kappa shape index (κ1) is 10.2. The lowest BCUT2D eigenvalue weighted by Gasteiger charge is -2.02. The van der Waals surface area contributed by atoms with Crippen molar-refractivity contribution >= 4 is 10.0 Å². The molecule has 0 unspecified atom stereocenters. The minimum Gasteiger partial charge on any atom is -0.269 e. The first-order valence-corrected chi connectivity index (χ1v) is 5.43. The molecule has 0 saturated heterocycles. The van der Waals surface area contributed by atoms with E-state index in [0.717, 1.165) is 0 Å². The van der Waals surface area contributed by atoms with Crippen molar-refractivity contribution in [1.29, 1.82) is 0 Å². The maximum absolute atomic E-state index is 11.3. The van der Waals surface area contributed by atoms with E-state index in [1.807, 2.05) is 13.8 Å². The molecule has 0 radical (unpaired) electrons. The molecular formula is C7H13N3O2S. The van der Waals surface area contributed by atoms with E-state index >= 15 is 0 Å². The van der Waals surface area contributed by atoms with Gasteiger partial charge in [-0.1, -0.05) is 0 Å². The summed E-state index contributed by atoms with van der Waals surface area (Å²) in [7, 11) is -1.97. The normalized spacial score (nSPS) is 12.3. The Morgan fingerprint density at radius 2 is 2.15 bits per heavy atom. The van der Waals surface area contributed by atoms with E-state index in [4.69, 9.17) is 0 Å². The van der Waals surface area contributed by atoms with Crippen LogP contribution in [0, 0.1) is 0 Å². The largest absolute Gasteiger partial charge is 0.269 e. The van der Waals surface area contributed by atoms with E-state index in [0.29, 0.717) is 0 Å². The number of hydrogen-bond acceptors (Lipinski definition) is 3. The van der Waals surface area contributed by atoms with Crippen LogP contribution >= 0.6 is 0 Å². The van der Waals surface area contributed by atoms with E-state index in [1.54, 1.807) is 4.68 Å². The van der Waals surface area contributed by atoms with Gasteiger partial charge in [0.15, 0.2) is 0 Å². The topological polar surface area (TPSA) is 64.0 Å². The molecule has 0 aliphatic carbocycles. The molecule has 0 saturated carbocycles. The van der Waals surface area contributed by atoms with E-state index in [-0.39, 0.29) is 10.9 Å². The van der Waals surface area contributed by atoms with Gasteiger partial charge in [0.2, 0.25) is 10.0 Å². The number of rotatable bonds is 3. The SMILES string of the molecule is CNS(=O)(=O)c1cnn(C(C)C)c1. The van der Waals surface area contributed by atoms with Gasteiger partial charge >= 0.3 is 0 Å². The summed E-state index contributed by atoms with van der Waals surface area (Å²) in [6, 6.07) is 0.167. The van der Waals surface area contributed by atoms with Gasteiger partial charge in [0.25, 0.3) is 0 Å². The molecule has 0 aliphatic rings. The van der Waals surface area contributed by atoms with Crippen LogP contribution in [0.25, 0.3) is 0 Å². The summed E-state index contributed by atoms with van der Waals surface area (Å²) in [5.74, 6) is 0. The van der Waals surface area contributed by atoms with Crippen LogP contribution in [-0.2, 0) is 10.0 Å². The first-order chi connectivity index (χ1) is 5.97. The van der Waals surface area contributed by atoms with E-state index in [2.05, 4.69) is 9.82 Å². The molecule has 1 heterocycles. The van der Waals surface area contributed by atoms with Gasteiger partial charge in [-0.3, -0.25) is 4.68 Å². The Morgan fingerprint density at radius 3 is 2.54 bits per heavy atom. The molecule has 74 valence electrons. The van der Waals surface area contributed by atoms with E-state index in [1.165, 1.54) is 19.4 Å². The minimum atomic E-state index is -3.34. The molecule has 0 amide bonds. The zero-order valence-electron chi connectivity index (χ0n) is 7.85. The van der Waals surface area contributed by atoms with Crippen LogP contribution in [0.3, 0.4) is 0 Å². The highest BCUT2D eigenvalue weighted by molar-refractivity contribution is 7.89. The van der Waals surface area contributed by atoms with Crippen LogP contribution in [0.2, 0.25) is 0 Å². The highest BCUT2D eigenvalue weighted by Crippen LogP contribution is 2.09. The summed E-state index contributed by atoms with van der Waals surface area (Å²) in [6.07, 6.45) is 2.85. The average Bonchev–Trinajstić information content (AvgIpc) is 2.52. The smallest absolute Gasteiger partial charge is 0.243 e. The van der Waals surface area contributed by atoms with Crippen molar-refractivity contribution in [2.75, 3.05) is 7.05 Å². The van der Waals surface area contributed by atoms with Gasteiger partial charge in [-0.15, -0.1) is 0 Å². The Balaban J connectivity index is 3.06. The lowest BCUT2D eigenvalue weighted by molar-refractivity contribution is 0.531. The number of nitrogens with one attached hydrogen (secondary N) is 1. The van der Waals surface area contributed by atoms with Gasteiger partial charge in [-0.25, -0.2) is 13.1 Å². The molecular weight excluding hydrogens is 190 g/mol. The summed E-state index contributed by atoms with van der Waals surface area (Å²) >= 11 is 0. The Morgan fingerprint density at radius 1 is 1.54 bits per heavy atom. The average molecular weight is 203 g/mol. The summed E-state index contributed by atoms with van der Waals surface area (Å²) < 4.78 is 26.4. The van der Waals surface area contributed by atoms with Gasteiger partial charge in [0.05, 0.1) is 6.20 Å². The van der Waals surface area contributed by atoms with Crippen LogP contribution in [0.4, 0.5) is 0 Å². The van der Waals surface area contributed by atoms with E-state index < -0.39 is 10.0 Å². The molecule has 0 aliphatic heterocycles. The molecule has 1 aromatic heterocycles. The highest BCUT2D eigenvalue weighted by Gasteiger charge is 2.14. The minimum absolute atomic E-state index is 0.167.